The minimum absolute atomic E-state index is 0.840. The van der Waals surface area contributed by atoms with Gasteiger partial charge in [-0.25, -0.2) is 0 Å². The molecule has 1 fully saturated rings. The third-order valence-corrected chi connectivity index (χ3v) is 4.31. The maximum Gasteiger partial charge on any atom is 0.0417 e. The molecule has 1 aliphatic rings. The van der Waals surface area contributed by atoms with Crippen LogP contribution in [0.15, 0.2) is 29.2 Å². The highest BCUT2D eigenvalue weighted by Crippen LogP contribution is 2.25. The lowest BCUT2D eigenvalue weighted by molar-refractivity contribution is 0.367. The number of hydrogen-bond acceptors (Lipinski definition) is 2. The molecular formula is C13H18ClNS. The minimum Gasteiger partial charge on any atom is -0.317 e. The summed E-state index contributed by atoms with van der Waals surface area (Å²) in [6.07, 6.45) is 4.02. The molecule has 2 rings (SSSR count). The molecule has 0 unspecified atom stereocenters. The average molecular weight is 256 g/mol. The second kappa shape index (κ2) is 6.53. The fourth-order valence-corrected chi connectivity index (χ4v) is 3.40. The van der Waals surface area contributed by atoms with E-state index >= 15 is 0 Å². The zero-order chi connectivity index (χ0) is 11.2. The Morgan fingerprint density at radius 3 is 2.88 bits per heavy atom. The van der Waals surface area contributed by atoms with Crippen LogP contribution in [0.4, 0.5) is 0 Å². The van der Waals surface area contributed by atoms with Gasteiger partial charge in [0, 0.05) is 9.92 Å². The van der Waals surface area contributed by atoms with Gasteiger partial charge in [0.25, 0.3) is 0 Å². The molecule has 0 saturated carbocycles. The predicted molar refractivity (Wildman–Crippen MR) is 72.4 cm³/mol. The zero-order valence-corrected chi connectivity index (χ0v) is 11.0. The third kappa shape index (κ3) is 4.00. The summed E-state index contributed by atoms with van der Waals surface area (Å²) in [6, 6.07) is 8.14. The van der Waals surface area contributed by atoms with Gasteiger partial charge in [0.1, 0.15) is 0 Å². The highest BCUT2D eigenvalue weighted by atomic mass is 35.5. The van der Waals surface area contributed by atoms with Crippen LogP contribution in [0.25, 0.3) is 0 Å². The Bertz CT molecular complexity index is 323. The number of rotatable bonds is 4. The van der Waals surface area contributed by atoms with E-state index in [-0.39, 0.29) is 0 Å². The van der Waals surface area contributed by atoms with E-state index in [1.54, 1.807) is 0 Å². The third-order valence-electron chi connectivity index (χ3n) is 3.05. The molecule has 1 aromatic rings. The number of hydrogen-bond donors (Lipinski definition) is 1. The summed E-state index contributed by atoms with van der Waals surface area (Å²) in [6.45, 7) is 2.40. The van der Waals surface area contributed by atoms with Crippen LogP contribution < -0.4 is 5.32 Å². The number of thioether (sulfide) groups is 1. The summed E-state index contributed by atoms with van der Waals surface area (Å²) in [5, 5.41) is 4.25. The van der Waals surface area contributed by atoms with Gasteiger partial charge in [-0.1, -0.05) is 17.7 Å². The molecule has 1 aliphatic heterocycles. The standard InChI is InChI=1S/C13H18ClNS/c14-12-2-1-3-13(10-12)16-9-6-11-4-7-15-8-5-11/h1-3,10-11,15H,4-9H2. The molecule has 0 amide bonds. The molecule has 1 saturated heterocycles. The molecule has 0 radical (unpaired) electrons. The first-order valence-electron chi connectivity index (χ1n) is 5.94. The summed E-state index contributed by atoms with van der Waals surface area (Å²) >= 11 is 7.87. The van der Waals surface area contributed by atoms with Crippen LogP contribution in [-0.2, 0) is 0 Å². The molecule has 0 atom stereocenters. The number of benzene rings is 1. The number of nitrogens with one attached hydrogen (secondary N) is 1. The van der Waals surface area contributed by atoms with E-state index in [1.807, 2.05) is 23.9 Å². The SMILES string of the molecule is Clc1cccc(SCCC2CCNCC2)c1. The van der Waals surface area contributed by atoms with Gasteiger partial charge in [-0.05, 0) is 62.2 Å². The molecule has 1 nitrogen and oxygen atoms in total. The van der Waals surface area contributed by atoms with Crippen LogP contribution >= 0.6 is 23.4 Å². The molecule has 1 heterocycles. The van der Waals surface area contributed by atoms with Crippen molar-refractivity contribution in [2.45, 2.75) is 24.2 Å². The smallest absolute Gasteiger partial charge is 0.0417 e. The topological polar surface area (TPSA) is 12.0 Å². The molecule has 1 N–H and O–H groups in total. The van der Waals surface area contributed by atoms with Gasteiger partial charge >= 0.3 is 0 Å². The van der Waals surface area contributed by atoms with E-state index in [2.05, 4.69) is 17.4 Å². The van der Waals surface area contributed by atoms with Gasteiger partial charge in [0.05, 0.1) is 0 Å². The summed E-state index contributed by atoms with van der Waals surface area (Å²) in [5.74, 6) is 2.14. The first kappa shape index (κ1) is 12.3. The second-order valence-corrected chi connectivity index (χ2v) is 5.89. The largest absolute Gasteiger partial charge is 0.317 e. The van der Waals surface area contributed by atoms with E-state index in [9.17, 15) is 0 Å². The Labute approximate surface area is 107 Å². The van der Waals surface area contributed by atoms with Crippen molar-refractivity contribution >= 4 is 23.4 Å². The second-order valence-electron chi connectivity index (χ2n) is 4.29. The normalized spacial score (nSPS) is 17.6. The highest BCUT2D eigenvalue weighted by Gasteiger charge is 2.12. The van der Waals surface area contributed by atoms with Crippen molar-refractivity contribution < 1.29 is 0 Å². The summed E-state index contributed by atoms with van der Waals surface area (Å²) in [4.78, 5) is 1.29. The van der Waals surface area contributed by atoms with Crippen LogP contribution in [0.1, 0.15) is 19.3 Å². The number of halogens is 1. The summed E-state index contributed by atoms with van der Waals surface area (Å²) in [5.41, 5.74) is 0. The first-order valence-corrected chi connectivity index (χ1v) is 7.30. The Morgan fingerprint density at radius 2 is 2.12 bits per heavy atom. The van der Waals surface area contributed by atoms with Gasteiger partial charge in [-0.3, -0.25) is 0 Å². The van der Waals surface area contributed by atoms with Crippen molar-refractivity contribution in [2.75, 3.05) is 18.8 Å². The van der Waals surface area contributed by atoms with E-state index in [4.69, 9.17) is 11.6 Å². The quantitative estimate of drug-likeness (QED) is 0.821. The lowest BCUT2D eigenvalue weighted by Crippen LogP contribution is -2.27. The van der Waals surface area contributed by atoms with Gasteiger partial charge in [0.15, 0.2) is 0 Å². The maximum absolute atomic E-state index is 5.95. The van der Waals surface area contributed by atoms with Gasteiger partial charge in [0.2, 0.25) is 0 Å². The van der Waals surface area contributed by atoms with E-state index in [1.165, 1.54) is 43.0 Å². The van der Waals surface area contributed by atoms with Crippen molar-refractivity contribution in [1.82, 2.24) is 5.32 Å². The Balaban J connectivity index is 1.71. The van der Waals surface area contributed by atoms with Crippen LogP contribution in [0.5, 0.6) is 0 Å². The van der Waals surface area contributed by atoms with Crippen molar-refractivity contribution in [1.29, 1.82) is 0 Å². The van der Waals surface area contributed by atoms with Gasteiger partial charge in [-0.2, -0.15) is 0 Å². The lowest BCUT2D eigenvalue weighted by atomic mass is 9.96. The maximum atomic E-state index is 5.95. The predicted octanol–water partition coefficient (Wildman–Crippen LogP) is 3.82. The Kier molecular flexibility index (Phi) is 5.01. The fourth-order valence-electron chi connectivity index (χ4n) is 2.07. The number of piperidine rings is 1. The van der Waals surface area contributed by atoms with Gasteiger partial charge in [-0.15, -0.1) is 11.8 Å². The van der Waals surface area contributed by atoms with Crippen molar-refractivity contribution in [2.24, 2.45) is 5.92 Å². The van der Waals surface area contributed by atoms with Crippen LogP contribution in [-0.4, -0.2) is 18.8 Å². The van der Waals surface area contributed by atoms with Crippen LogP contribution in [0.3, 0.4) is 0 Å². The minimum atomic E-state index is 0.840. The first-order chi connectivity index (χ1) is 7.84. The van der Waals surface area contributed by atoms with Crippen LogP contribution in [0, 0.1) is 5.92 Å². The molecule has 1 aromatic carbocycles. The monoisotopic (exact) mass is 255 g/mol. The molecule has 3 heteroatoms. The Morgan fingerprint density at radius 1 is 1.31 bits per heavy atom. The zero-order valence-electron chi connectivity index (χ0n) is 9.42. The molecule has 16 heavy (non-hydrogen) atoms. The van der Waals surface area contributed by atoms with E-state index < -0.39 is 0 Å². The molecule has 0 aliphatic carbocycles. The molecule has 0 spiro atoms. The van der Waals surface area contributed by atoms with Crippen LogP contribution in [0.2, 0.25) is 5.02 Å². The highest BCUT2D eigenvalue weighted by molar-refractivity contribution is 7.99. The Hall–Kier alpha value is -0.180. The van der Waals surface area contributed by atoms with Gasteiger partial charge < -0.3 is 5.32 Å². The van der Waals surface area contributed by atoms with Crippen molar-refractivity contribution in [3.63, 3.8) is 0 Å². The summed E-state index contributed by atoms with van der Waals surface area (Å²) < 4.78 is 0. The fraction of sp³-hybridized carbons (Fsp3) is 0.538. The molecule has 0 aromatic heterocycles. The molecular weight excluding hydrogens is 238 g/mol. The average Bonchev–Trinajstić information content (AvgIpc) is 2.30. The van der Waals surface area contributed by atoms with Crippen molar-refractivity contribution in [3.05, 3.63) is 29.3 Å². The summed E-state index contributed by atoms with van der Waals surface area (Å²) in [7, 11) is 0. The molecule has 88 valence electrons. The van der Waals surface area contributed by atoms with E-state index in [0.29, 0.717) is 0 Å². The lowest BCUT2D eigenvalue weighted by Gasteiger charge is -2.22. The van der Waals surface area contributed by atoms with E-state index in [0.717, 1.165) is 10.9 Å². The molecule has 0 bridgehead atoms. The van der Waals surface area contributed by atoms with Crippen molar-refractivity contribution in [3.8, 4) is 0 Å².